The van der Waals surface area contributed by atoms with Crippen LogP contribution in [0.5, 0.6) is 0 Å². The van der Waals surface area contributed by atoms with Gasteiger partial charge in [0.05, 0.1) is 22.4 Å². The van der Waals surface area contributed by atoms with Gasteiger partial charge in [0.15, 0.2) is 5.69 Å². The first-order valence-corrected chi connectivity index (χ1v) is 13.6. The topological polar surface area (TPSA) is 25.5 Å². The quantitative estimate of drug-likeness (QED) is 0.220. The second-order valence-electron chi connectivity index (χ2n) is 10.8. The smallest absolute Gasteiger partial charge is 0.297 e. The molecule has 0 aliphatic heterocycles. The number of halogens is 4. The minimum Gasteiger partial charge on any atom is -0.297 e. The van der Waals surface area contributed by atoms with Crippen molar-refractivity contribution in [3.8, 4) is 5.69 Å². The molecule has 0 N–H and O–H groups in total. The molecule has 0 bridgehead atoms. The van der Waals surface area contributed by atoms with Crippen molar-refractivity contribution in [3.05, 3.63) is 63.9 Å². The van der Waals surface area contributed by atoms with Crippen LogP contribution in [0.1, 0.15) is 62.4 Å². The maximum Gasteiger partial charge on any atom is 0.435 e. The van der Waals surface area contributed by atoms with Crippen LogP contribution in [0.2, 0.25) is 0 Å². The van der Waals surface area contributed by atoms with Gasteiger partial charge in [0.1, 0.15) is 0 Å². The summed E-state index contributed by atoms with van der Waals surface area (Å²) in [6.45, 7) is 6.22. The Kier molecular flexibility index (Phi) is 5.95. The zero-order chi connectivity index (χ0) is 25.2. The average molecular weight is 559 g/mol. The summed E-state index contributed by atoms with van der Waals surface area (Å²) < 4.78 is 47.7. The highest BCUT2D eigenvalue weighted by atomic mass is 79.9. The van der Waals surface area contributed by atoms with E-state index >= 15 is 0 Å². The van der Waals surface area contributed by atoms with E-state index < -0.39 is 11.9 Å². The Labute approximate surface area is 217 Å². The Balaban J connectivity index is 1.56. The van der Waals surface area contributed by atoms with Gasteiger partial charge in [-0.2, -0.15) is 13.2 Å². The van der Waals surface area contributed by atoms with Crippen molar-refractivity contribution < 1.29 is 13.2 Å². The van der Waals surface area contributed by atoms with E-state index in [2.05, 4.69) is 39.7 Å². The molecule has 2 aliphatic carbocycles. The van der Waals surface area contributed by atoms with E-state index in [-0.39, 0.29) is 12.2 Å². The highest BCUT2D eigenvalue weighted by Crippen LogP contribution is 2.39. The molecule has 2 aliphatic rings. The Morgan fingerprint density at radius 1 is 1.00 bits per heavy atom. The predicted octanol–water partition coefficient (Wildman–Crippen LogP) is 7.80. The van der Waals surface area contributed by atoms with Crippen LogP contribution < -0.4 is 0 Å². The highest BCUT2D eigenvalue weighted by molar-refractivity contribution is 9.10. The van der Waals surface area contributed by atoms with E-state index in [1.165, 1.54) is 25.7 Å². The lowest BCUT2D eigenvalue weighted by Crippen LogP contribution is -2.29. The first-order chi connectivity index (χ1) is 17.2. The number of aromatic nitrogens is 3. The maximum atomic E-state index is 14.4. The van der Waals surface area contributed by atoms with Gasteiger partial charge >= 0.3 is 6.18 Å². The second kappa shape index (κ2) is 8.91. The summed E-state index contributed by atoms with van der Waals surface area (Å²) in [5, 5.41) is 0. The van der Waals surface area contributed by atoms with Crippen molar-refractivity contribution in [2.24, 2.45) is 11.8 Å². The highest BCUT2D eigenvalue weighted by Gasteiger charge is 2.40. The molecular weight excluding hydrogens is 529 g/mol. The van der Waals surface area contributed by atoms with E-state index in [9.17, 15) is 13.2 Å². The fraction of sp³-hybridized carbons (Fsp3) is 0.464. The van der Waals surface area contributed by atoms with Gasteiger partial charge in [0.25, 0.3) is 0 Å². The molecule has 0 radical (unpaired) electrons. The minimum absolute atomic E-state index is 0.240. The fourth-order valence-corrected chi connectivity index (χ4v) is 5.79. The molecule has 6 rings (SSSR count). The van der Waals surface area contributed by atoms with E-state index in [1.807, 2.05) is 47.0 Å². The van der Waals surface area contributed by atoms with Crippen LogP contribution in [0.4, 0.5) is 13.2 Å². The number of rotatable bonds is 8. The molecule has 8 heteroatoms. The average Bonchev–Trinajstić information content (AvgIpc) is 3.74. The summed E-state index contributed by atoms with van der Waals surface area (Å²) in [6, 6.07) is 13.7. The van der Waals surface area contributed by atoms with E-state index in [0.717, 1.165) is 39.8 Å². The lowest BCUT2D eigenvalue weighted by atomic mass is 10.0. The van der Waals surface area contributed by atoms with Gasteiger partial charge in [-0.1, -0.05) is 32.0 Å². The van der Waals surface area contributed by atoms with Crippen molar-refractivity contribution >= 4 is 32.7 Å². The number of para-hydroxylation sites is 2. The summed E-state index contributed by atoms with van der Waals surface area (Å²) in [6.07, 6.45) is 0.171. The fourth-order valence-electron chi connectivity index (χ4n) is 5.21. The van der Waals surface area contributed by atoms with E-state index in [0.29, 0.717) is 23.5 Å². The lowest BCUT2D eigenvalue weighted by molar-refractivity contribution is -0.141. The summed E-state index contributed by atoms with van der Waals surface area (Å²) in [4.78, 5) is 6.54. The summed E-state index contributed by atoms with van der Waals surface area (Å²) >= 11 is 3.69. The number of alkyl halides is 3. The number of benzene rings is 2. The largest absolute Gasteiger partial charge is 0.435 e. The van der Waals surface area contributed by atoms with Crippen molar-refractivity contribution in [1.82, 2.24) is 18.9 Å². The number of hydrogen-bond donors (Lipinski definition) is 0. The Morgan fingerprint density at radius 3 is 2.19 bits per heavy atom. The molecule has 2 aromatic heterocycles. The lowest BCUT2D eigenvalue weighted by Gasteiger charge is -2.22. The molecule has 2 heterocycles. The van der Waals surface area contributed by atoms with Gasteiger partial charge in [-0.3, -0.25) is 13.9 Å². The number of imidazole rings is 2. The zero-order valence-electron chi connectivity index (χ0n) is 20.5. The van der Waals surface area contributed by atoms with E-state index in [4.69, 9.17) is 0 Å². The Hall–Kier alpha value is -2.32. The third kappa shape index (κ3) is 4.47. The molecule has 0 amide bonds. The maximum absolute atomic E-state index is 14.4. The Morgan fingerprint density at radius 2 is 1.64 bits per heavy atom. The molecule has 4 aromatic rings. The van der Waals surface area contributed by atoms with Crippen LogP contribution in [-0.2, 0) is 12.7 Å². The first kappa shape index (κ1) is 24.0. The summed E-state index contributed by atoms with van der Waals surface area (Å²) in [5.41, 5.74) is 2.98. The second-order valence-corrected chi connectivity index (χ2v) is 11.7. The van der Waals surface area contributed by atoms with Gasteiger partial charge in [-0.15, -0.1) is 0 Å². The molecule has 4 nitrogen and oxygen atoms in total. The molecule has 36 heavy (non-hydrogen) atoms. The summed E-state index contributed by atoms with van der Waals surface area (Å²) in [7, 11) is 0. The van der Waals surface area contributed by atoms with Gasteiger partial charge in [0.2, 0.25) is 5.78 Å². The summed E-state index contributed by atoms with van der Waals surface area (Å²) in [5.74, 6) is 1.86. The molecule has 0 atom stereocenters. The van der Waals surface area contributed by atoms with Gasteiger partial charge in [0, 0.05) is 24.1 Å². The molecule has 2 fully saturated rings. The normalized spacial score (nSPS) is 16.8. The molecule has 190 valence electrons. The number of fused-ring (bicyclic) bond motifs is 3. The third-order valence-electron chi connectivity index (χ3n) is 7.47. The van der Waals surface area contributed by atoms with E-state index in [1.54, 1.807) is 4.40 Å². The van der Waals surface area contributed by atoms with Gasteiger partial charge in [-0.25, -0.2) is 4.98 Å². The van der Waals surface area contributed by atoms with Crippen molar-refractivity contribution in [1.29, 1.82) is 0 Å². The molecule has 2 aromatic carbocycles. The van der Waals surface area contributed by atoms with Crippen LogP contribution in [0.3, 0.4) is 0 Å². The van der Waals surface area contributed by atoms with Crippen molar-refractivity contribution in [2.75, 3.05) is 13.1 Å². The van der Waals surface area contributed by atoms with Crippen LogP contribution in [0, 0.1) is 11.8 Å². The Bertz CT molecular complexity index is 1410. The van der Waals surface area contributed by atoms with Crippen molar-refractivity contribution in [3.63, 3.8) is 0 Å². The van der Waals surface area contributed by atoms with Crippen LogP contribution in [-0.4, -0.2) is 31.9 Å². The third-order valence-corrected chi connectivity index (χ3v) is 8.10. The van der Waals surface area contributed by atoms with Crippen molar-refractivity contribution in [2.45, 2.75) is 58.2 Å². The first-order valence-electron chi connectivity index (χ1n) is 12.8. The van der Waals surface area contributed by atoms with Crippen LogP contribution in [0.15, 0.2) is 46.9 Å². The van der Waals surface area contributed by atoms with Crippen LogP contribution >= 0.6 is 15.9 Å². The molecule has 0 unspecified atom stereocenters. The predicted molar refractivity (Wildman–Crippen MR) is 140 cm³/mol. The zero-order valence-corrected chi connectivity index (χ0v) is 22.1. The number of hydrogen-bond acceptors (Lipinski definition) is 2. The monoisotopic (exact) mass is 558 g/mol. The minimum atomic E-state index is -4.53. The molecular formula is C28H30BrF3N4. The van der Waals surface area contributed by atoms with Crippen LogP contribution in [0.25, 0.3) is 22.5 Å². The van der Waals surface area contributed by atoms with Gasteiger partial charge < -0.3 is 0 Å². The number of nitrogens with zero attached hydrogens (tertiary/aromatic N) is 4. The van der Waals surface area contributed by atoms with Gasteiger partial charge in [-0.05, 0) is 89.2 Å². The standard InChI is InChI=1S/C28H30BrF3N4/c1-17(2)20-11-12-22(21(29)13-20)35-23-5-3-4-6-24(23)36-25(26(28(30,31)32)33-27(35)36)16-34(14-18-7-8-18)15-19-9-10-19/h3-6,11-13,17-19H,7-10,14-16H2,1-2H3. The molecule has 0 spiro atoms. The molecule has 0 saturated heterocycles. The molecule has 2 saturated carbocycles. The SMILES string of the molecule is CC(C)c1ccc(-n2c3ccccc3n3c(CN(CC4CC4)CC4CC4)c(C(F)(F)F)nc23)c(Br)c1.